The van der Waals surface area contributed by atoms with Crippen LogP contribution in [-0.2, 0) is 9.53 Å². The number of ether oxygens (including phenoxy) is 2. The lowest BCUT2D eigenvalue weighted by molar-refractivity contribution is -0.126. The number of carbonyl (C=O) groups excluding carboxylic acids is 1. The van der Waals surface area contributed by atoms with Crippen molar-refractivity contribution in [1.29, 1.82) is 0 Å². The third-order valence-electron chi connectivity index (χ3n) is 3.98. The SMILES string of the molecule is Cl.NC[C@H]1CC[C@@H](C(=O)Nc2ccccc2OCC2CC2)O1. The molecular formula is C16H23ClN2O3. The molecule has 1 aliphatic heterocycles. The summed E-state index contributed by atoms with van der Waals surface area (Å²) in [4.78, 5) is 12.2. The van der Waals surface area contributed by atoms with Gasteiger partial charge in [0.15, 0.2) is 0 Å². The topological polar surface area (TPSA) is 73.6 Å². The molecule has 0 bridgehead atoms. The predicted octanol–water partition coefficient (Wildman–Crippen LogP) is 2.34. The van der Waals surface area contributed by atoms with Crippen LogP contribution in [0.1, 0.15) is 25.7 Å². The van der Waals surface area contributed by atoms with Crippen LogP contribution in [0.15, 0.2) is 24.3 Å². The Labute approximate surface area is 137 Å². The number of halogens is 1. The van der Waals surface area contributed by atoms with Crippen LogP contribution in [0.5, 0.6) is 5.75 Å². The van der Waals surface area contributed by atoms with Gasteiger partial charge in [-0.15, -0.1) is 12.4 Å². The molecule has 0 aromatic heterocycles. The average Bonchev–Trinajstić information content (AvgIpc) is 3.21. The highest BCUT2D eigenvalue weighted by molar-refractivity contribution is 5.95. The Balaban J connectivity index is 0.00000176. The number of amides is 1. The molecule has 2 atom stereocenters. The Hall–Kier alpha value is -1.30. The van der Waals surface area contributed by atoms with Crippen molar-refractivity contribution in [3.05, 3.63) is 24.3 Å². The fourth-order valence-corrected chi connectivity index (χ4v) is 2.47. The summed E-state index contributed by atoms with van der Waals surface area (Å²) in [6, 6.07) is 7.54. The lowest BCUT2D eigenvalue weighted by Crippen LogP contribution is -2.30. The van der Waals surface area contributed by atoms with E-state index in [0.717, 1.165) is 25.2 Å². The zero-order chi connectivity index (χ0) is 14.7. The van der Waals surface area contributed by atoms with Crippen molar-refractivity contribution in [1.82, 2.24) is 0 Å². The number of carbonyl (C=O) groups is 1. The van der Waals surface area contributed by atoms with Crippen molar-refractivity contribution in [3.63, 3.8) is 0 Å². The first kappa shape index (κ1) is 17.1. The van der Waals surface area contributed by atoms with E-state index in [2.05, 4.69) is 5.32 Å². The Morgan fingerprint density at radius 3 is 2.73 bits per heavy atom. The maximum absolute atomic E-state index is 12.2. The standard InChI is InChI=1S/C16H22N2O3.ClH/c17-9-12-7-8-15(21-12)16(19)18-13-3-1-2-4-14(13)20-10-11-5-6-11;/h1-4,11-12,15H,5-10,17H2,(H,18,19);1H/t12-,15+;/m1./s1. The van der Waals surface area contributed by atoms with E-state index in [0.29, 0.717) is 18.2 Å². The maximum atomic E-state index is 12.2. The molecule has 2 fully saturated rings. The molecule has 1 aliphatic carbocycles. The fourth-order valence-electron chi connectivity index (χ4n) is 2.47. The molecule has 5 nitrogen and oxygen atoms in total. The van der Waals surface area contributed by atoms with Gasteiger partial charge in [0, 0.05) is 6.54 Å². The minimum Gasteiger partial charge on any atom is -0.491 e. The minimum absolute atomic E-state index is 0. The molecule has 6 heteroatoms. The Kier molecular flexibility index (Phi) is 6.06. The van der Waals surface area contributed by atoms with Crippen molar-refractivity contribution >= 4 is 24.0 Å². The van der Waals surface area contributed by atoms with Gasteiger partial charge < -0.3 is 20.5 Å². The predicted molar refractivity (Wildman–Crippen MR) is 87.5 cm³/mol. The first-order chi connectivity index (χ1) is 10.3. The third-order valence-corrected chi connectivity index (χ3v) is 3.98. The van der Waals surface area contributed by atoms with Gasteiger partial charge in [-0.25, -0.2) is 0 Å². The molecule has 3 N–H and O–H groups in total. The summed E-state index contributed by atoms with van der Waals surface area (Å²) in [5, 5.41) is 2.91. The van der Waals surface area contributed by atoms with Gasteiger partial charge in [-0.3, -0.25) is 4.79 Å². The first-order valence-electron chi connectivity index (χ1n) is 7.64. The van der Waals surface area contributed by atoms with Gasteiger partial charge in [0.25, 0.3) is 5.91 Å². The van der Waals surface area contributed by atoms with E-state index in [9.17, 15) is 4.79 Å². The van der Waals surface area contributed by atoms with Crippen LogP contribution in [0, 0.1) is 5.92 Å². The van der Waals surface area contributed by atoms with Crippen LogP contribution in [0.25, 0.3) is 0 Å². The summed E-state index contributed by atoms with van der Waals surface area (Å²) in [6.45, 7) is 1.19. The fraction of sp³-hybridized carbons (Fsp3) is 0.562. The molecule has 0 unspecified atom stereocenters. The molecule has 3 rings (SSSR count). The molecule has 22 heavy (non-hydrogen) atoms. The van der Waals surface area contributed by atoms with Crippen LogP contribution in [0.4, 0.5) is 5.69 Å². The second-order valence-corrected chi connectivity index (χ2v) is 5.80. The maximum Gasteiger partial charge on any atom is 0.253 e. The molecule has 1 heterocycles. The molecule has 122 valence electrons. The molecule has 1 amide bonds. The van der Waals surface area contributed by atoms with Gasteiger partial charge in [-0.1, -0.05) is 12.1 Å². The van der Waals surface area contributed by atoms with Crippen molar-refractivity contribution < 1.29 is 14.3 Å². The highest BCUT2D eigenvalue weighted by Crippen LogP contribution is 2.32. The number of nitrogens with one attached hydrogen (secondary N) is 1. The van der Waals surface area contributed by atoms with Crippen molar-refractivity contribution in [2.24, 2.45) is 11.7 Å². The van der Waals surface area contributed by atoms with Gasteiger partial charge in [-0.05, 0) is 43.7 Å². The van der Waals surface area contributed by atoms with E-state index in [1.807, 2.05) is 24.3 Å². The molecule has 0 radical (unpaired) electrons. The van der Waals surface area contributed by atoms with E-state index >= 15 is 0 Å². The van der Waals surface area contributed by atoms with Gasteiger partial charge >= 0.3 is 0 Å². The number of benzene rings is 1. The number of para-hydroxylation sites is 2. The monoisotopic (exact) mass is 326 g/mol. The van der Waals surface area contributed by atoms with E-state index in [1.165, 1.54) is 12.8 Å². The van der Waals surface area contributed by atoms with Crippen LogP contribution in [-0.4, -0.2) is 31.3 Å². The van der Waals surface area contributed by atoms with Crippen LogP contribution >= 0.6 is 12.4 Å². The second kappa shape index (κ2) is 7.81. The highest BCUT2D eigenvalue weighted by Gasteiger charge is 2.30. The van der Waals surface area contributed by atoms with E-state index in [1.54, 1.807) is 0 Å². The molecule has 0 spiro atoms. The lowest BCUT2D eigenvalue weighted by Gasteiger charge is -2.15. The molecule has 1 aromatic carbocycles. The van der Waals surface area contributed by atoms with Gasteiger partial charge in [0.05, 0.1) is 18.4 Å². The van der Waals surface area contributed by atoms with Crippen molar-refractivity contribution in [3.8, 4) is 5.75 Å². The number of hydrogen-bond donors (Lipinski definition) is 2. The van der Waals surface area contributed by atoms with Gasteiger partial charge in [0.1, 0.15) is 11.9 Å². The van der Waals surface area contributed by atoms with Gasteiger partial charge in [0.2, 0.25) is 0 Å². The average molecular weight is 327 g/mol. The molecule has 1 aromatic rings. The second-order valence-electron chi connectivity index (χ2n) is 5.80. The summed E-state index contributed by atoms with van der Waals surface area (Å²) < 4.78 is 11.4. The summed E-state index contributed by atoms with van der Waals surface area (Å²) in [5.74, 6) is 1.29. The van der Waals surface area contributed by atoms with Crippen LogP contribution in [0.3, 0.4) is 0 Å². The summed E-state index contributed by atoms with van der Waals surface area (Å²) in [5.41, 5.74) is 6.28. The number of anilines is 1. The molecule has 1 saturated heterocycles. The quantitative estimate of drug-likeness (QED) is 0.841. The highest BCUT2D eigenvalue weighted by atomic mass is 35.5. The zero-order valence-corrected chi connectivity index (χ0v) is 13.3. The van der Waals surface area contributed by atoms with Crippen molar-refractivity contribution in [2.45, 2.75) is 37.9 Å². The molecular weight excluding hydrogens is 304 g/mol. The Morgan fingerprint density at radius 1 is 1.27 bits per heavy atom. The Bertz CT molecular complexity index is 508. The van der Waals surface area contributed by atoms with Crippen LogP contribution < -0.4 is 15.8 Å². The zero-order valence-electron chi connectivity index (χ0n) is 12.5. The number of hydrogen-bond acceptors (Lipinski definition) is 4. The number of rotatable bonds is 6. The lowest BCUT2D eigenvalue weighted by atomic mass is 10.2. The molecule has 2 aliphatic rings. The smallest absolute Gasteiger partial charge is 0.253 e. The normalized spacial score (nSPS) is 23.7. The van der Waals surface area contributed by atoms with Gasteiger partial charge in [-0.2, -0.15) is 0 Å². The number of nitrogens with two attached hydrogens (primary N) is 1. The first-order valence-corrected chi connectivity index (χ1v) is 7.64. The summed E-state index contributed by atoms with van der Waals surface area (Å²) >= 11 is 0. The Morgan fingerprint density at radius 2 is 2.05 bits per heavy atom. The summed E-state index contributed by atoms with van der Waals surface area (Å²) in [7, 11) is 0. The van der Waals surface area contributed by atoms with Crippen molar-refractivity contribution in [2.75, 3.05) is 18.5 Å². The van der Waals surface area contributed by atoms with Crippen LogP contribution in [0.2, 0.25) is 0 Å². The van der Waals surface area contributed by atoms with E-state index < -0.39 is 6.10 Å². The summed E-state index contributed by atoms with van der Waals surface area (Å²) in [6.07, 6.45) is 3.64. The largest absolute Gasteiger partial charge is 0.491 e. The molecule has 1 saturated carbocycles. The minimum atomic E-state index is -0.407. The van der Waals surface area contributed by atoms with E-state index in [-0.39, 0.29) is 24.4 Å². The van der Waals surface area contributed by atoms with E-state index in [4.69, 9.17) is 15.2 Å². The third kappa shape index (κ3) is 4.35.